The zero-order chi connectivity index (χ0) is 14.2. The molecule has 0 aromatic carbocycles. The van der Waals surface area contributed by atoms with Crippen molar-refractivity contribution in [1.82, 2.24) is 4.90 Å². The predicted molar refractivity (Wildman–Crippen MR) is 74.3 cm³/mol. The maximum absolute atomic E-state index is 12.9. The SMILES string of the molecule is O=C1CCCC(=O)N1C[C@H]1CCC[N@+]2([O-])CCCC[C@@H]12. The number of quaternary nitrogens is 1. The van der Waals surface area contributed by atoms with Crippen molar-refractivity contribution in [3.8, 4) is 0 Å². The van der Waals surface area contributed by atoms with E-state index in [1.165, 1.54) is 4.90 Å². The Balaban J connectivity index is 1.72. The molecule has 5 nitrogen and oxygen atoms in total. The van der Waals surface area contributed by atoms with Crippen LogP contribution in [0.3, 0.4) is 0 Å². The molecule has 0 radical (unpaired) electrons. The molecule has 3 fully saturated rings. The Bertz CT molecular complexity index is 392. The van der Waals surface area contributed by atoms with Crippen LogP contribution in [0.1, 0.15) is 51.4 Å². The van der Waals surface area contributed by atoms with Crippen LogP contribution in [0, 0.1) is 11.1 Å². The number of nitrogens with zero attached hydrogens (tertiary/aromatic N) is 2. The van der Waals surface area contributed by atoms with Crippen LogP contribution in [0.25, 0.3) is 0 Å². The maximum Gasteiger partial charge on any atom is 0.229 e. The number of carbonyl (C=O) groups is 2. The molecule has 3 rings (SSSR count). The van der Waals surface area contributed by atoms with Gasteiger partial charge in [-0.05, 0) is 32.1 Å². The molecule has 3 heterocycles. The Morgan fingerprint density at radius 1 is 1.00 bits per heavy atom. The smallest absolute Gasteiger partial charge is 0.229 e. The topological polar surface area (TPSA) is 60.4 Å². The highest BCUT2D eigenvalue weighted by atomic mass is 16.5. The van der Waals surface area contributed by atoms with Gasteiger partial charge in [0.25, 0.3) is 0 Å². The number of amides is 2. The van der Waals surface area contributed by atoms with E-state index in [-0.39, 0.29) is 28.4 Å². The third-order valence-electron chi connectivity index (χ3n) is 5.35. The molecule has 3 atom stereocenters. The van der Waals surface area contributed by atoms with E-state index in [0.29, 0.717) is 25.8 Å². The number of piperidine rings is 3. The van der Waals surface area contributed by atoms with Crippen LogP contribution in [0.2, 0.25) is 0 Å². The molecule has 3 saturated heterocycles. The number of likely N-dealkylation sites (tertiary alicyclic amines) is 1. The number of hydrogen-bond donors (Lipinski definition) is 0. The lowest BCUT2D eigenvalue weighted by Crippen LogP contribution is -2.61. The van der Waals surface area contributed by atoms with Crippen LogP contribution in [-0.4, -0.2) is 47.0 Å². The van der Waals surface area contributed by atoms with Crippen LogP contribution in [-0.2, 0) is 9.59 Å². The van der Waals surface area contributed by atoms with Gasteiger partial charge in [0.05, 0.1) is 19.1 Å². The molecule has 0 saturated carbocycles. The van der Waals surface area contributed by atoms with E-state index in [2.05, 4.69) is 0 Å². The van der Waals surface area contributed by atoms with Gasteiger partial charge >= 0.3 is 0 Å². The van der Waals surface area contributed by atoms with Crippen LogP contribution in [0.15, 0.2) is 0 Å². The van der Waals surface area contributed by atoms with E-state index in [1.54, 1.807) is 0 Å². The Hall–Kier alpha value is -0.940. The van der Waals surface area contributed by atoms with Crippen LogP contribution in [0.4, 0.5) is 0 Å². The number of hydroxylamine groups is 3. The number of fused-ring (bicyclic) bond motifs is 1. The molecule has 0 spiro atoms. The number of hydrogen-bond acceptors (Lipinski definition) is 3. The van der Waals surface area contributed by atoms with Gasteiger partial charge in [0.15, 0.2) is 0 Å². The van der Waals surface area contributed by atoms with Crippen molar-refractivity contribution in [2.75, 3.05) is 19.6 Å². The van der Waals surface area contributed by atoms with E-state index in [9.17, 15) is 14.8 Å². The van der Waals surface area contributed by atoms with Gasteiger partial charge in [-0.3, -0.25) is 14.5 Å². The van der Waals surface area contributed by atoms with Gasteiger partial charge in [0.2, 0.25) is 11.8 Å². The van der Waals surface area contributed by atoms with E-state index < -0.39 is 0 Å². The summed E-state index contributed by atoms with van der Waals surface area (Å²) in [6.45, 7) is 1.94. The molecule has 0 aromatic heterocycles. The fourth-order valence-electron chi connectivity index (χ4n) is 4.30. The zero-order valence-corrected chi connectivity index (χ0v) is 12.1. The summed E-state index contributed by atoms with van der Waals surface area (Å²) in [5.41, 5.74) is 0. The molecule has 3 aliphatic heterocycles. The molecular weight excluding hydrogens is 256 g/mol. The summed E-state index contributed by atoms with van der Waals surface area (Å²) >= 11 is 0. The first-order valence-electron chi connectivity index (χ1n) is 8.01. The Labute approximate surface area is 120 Å². The van der Waals surface area contributed by atoms with E-state index in [1.807, 2.05) is 0 Å². The lowest BCUT2D eigenvalue weighted by Gasteiger charge is -2.57. The number of imide groups is 1. The first-order valence-corrected chi connectivity index (χ1v) is 8.01. The minimum absolute atomic E-state index is 0.0355. The van der Waals surface area contributed by atoms with Crippen molar-refractivity contribution in [3.05, 3.63) is 5.21 Å². The molecule has 0 bridgehead atoms. The average Bonchev–Trinajstić information content (AvgIpc) is 2.42. The molecule has 0 unspecified atom stereocenters. The summed E-state index contributed by atoms with van der Waals surface area (Å²) < 4.78 is -0.0686. The summed E-state index contributed by atoms with van der Waals surface area (Å²) in [6.07, 6.45) is 6.68. The van der Waals surface area contributed by atoms with Gasteiger partial charge in [0, 0.05) is 31.7 Å². The molecule has 0 N–H and O–H groups in total. The second-order valence-corrected chi connectivity index (χ2v) is 6.62. The Morgan fingerprint density at radius 2 is 1.70 bits per heavy atom. The Kier molecular flexibility index (Phi) is 3.82. The largest absolute Gasteiger partial charge is 0.633 e. The quantitative estimate of drug-likeness (QED) is 0.440. The first-order chi connectivity index (χ1) is 9.60. The Morgan fingerprint density at radius 3 is 2.45 bits per heavy atom. The molecule has 3 aliphatic rings. The standard InChI is InChI=1S/C15H24N2O3/c18-14-7-3-8-15(19)16(14)11-12-5-4-10-17(20)9-2-1-6-13(12)17/h12-13H,1-11H2/t12-,13+,17-/m1/s1. The van der Waals surface area contributed by atoms with Crippen LogP contribution in [0.5, 0.6) is 0 Å². The van der Waals surface area contributed by atoms with E-state index in [4.69, 9.17) is 0 Å². The fraction of sp³-hybridized carbons (Fsp3) is 0.867. The highest BCUT2D eigenvalue weighted by Crippen LogP contribution is 2.37. The van der Waals surface area contributed by atoms with Gasteiger partial charge in [-0.15, -0.1) is 0 Å². The molecule has 5 heteroatoms. The molecule has 0 aliphatic carbocycles. The summed E-state index contributed by atoms with van der Waals surface area (Å²) in [6, 6.07) is 0.111. The third kappa shape index (κ3) is 2.49. The minimum atomic E-state index is -0.0686. The summed E-state index contributed by atoms with van der Waals surface area (Å²) in [5, 5.41) is 12.9. The second-order valence-electron chi connectivity index (χ2n) is 6.62. The average molecular weight is 280 g/mol. The highest BCUT2D eigenvalue weighted by molar-refractivity contribution is 5.97. The summed E-state index contributed by atoms with van der Waals surface area (Å²) in [5.74, 6) is 0.144. The second kappa shape index (κ2) is 5.45. The van der Waals surface area contributed by atoms with Crippen molar-refractivity contribution >= 4 is 11.8 Å². The van der Waals surface area contributed by atoms with Crippen LogP contribution >= 0.6 is 0 Å². The zero-order valence-electron chi connectivity index (χ0n) is 12.1. The molecule has 20 heavy (non-hydrogen) atoms. The molecular formula is C15H24N2O3. The predicted octanol–water partition coefficient (Wildman–Crippen LogP) is 1.80. The molecule has 2 amide bonds. The summed E-state index contributed by atoms with van der Waals surface area (Å²) in [4.78, 5) is 25.3. The normalized spacial score (nSPS) is 38.8. The molecule has 0 aromatic rings. The number of carbonyl (C=O) groups excluding carboxylic acids is 2. The molecule has 112 valence electrons. The monoisotopic (exact) mass is 280 g/mol. The number of rotatable bonds is 2. The minimum Gasteiger partial charge on any atom is -0.633 e. The van der Waals surface area contributed by atoms with Gasteiger partial charge < -0.3 is 9.85 Å². The third-order valence-corrected chi connectivity index (χ3v) is 5.35. The van der Waals surface area contributed by atoms with Crippen LogP contribution < -0.4 is 0 Å². The van der Waals surface area contributed by atoms with Gasteiger partial charge in [-0.25, -0.2) is 0 Å². The maximum atomic E-state index is 12.9. The van der Waals surface area contributed by atoms with Gasteiger partial charge in [0.1, 0.15) is 0 Å². The van der Waals surface area contributed by atoms with E-state index >= 15 is 0 Å². The van der Waals surface area contributed by atoms with Gasteiger partial charge in [-0.2, -0.15) is 0 Å². The van der Waals surface area contributed by atoms with Crippen molar-refractivity contribution in [1.29, 1.82) is 0 Å². The lowest BCUT2D eigenvalue weighted by molar-refractivity contribution is -0.919. The van der Waals surface area contributed by atoms with E-state index in [0.717, 1.165) is 45.2 Å². The van der Waals surface area contributed by atoms with Gasteiger partial charge in [-0.1, -0.05) is 0 Å². The van der Waals surface area contributed by atoms with Crippen molar-refractivity contribution < 1.29 is 14.2 Å². The first kappa shape index (κ1) is 14.0. The van der Waals surface area contributed by atoms with Crippen molar-refractivity contribution in [3.63, 3.8) is 0 Å². The highest BCUT2D eigenvalue weighted by Gasteiger charge is 2.43. The van der Waals surface area contributed by atoms with Crippen molar-refractivity contribution in [2.45, 2.75) is 57.4 Å². The fourth-order valence-corrected chi connectivity index (χ4v) is 4.30. The van der Waals surface area contributed by atoms with Crippen molar-refractivity contribution in [2.24, 2.45) is 5.92 Å². The lowest BCUT2D eigenvalue weighted by atomic mass is 9.82. The summed E-state index contributed by atoms with van der Waals surface area (Å²) in [7, 11) is 0.